The van der Waals surface area contributed by atoms with Gasteiger partial charge in [0, 0.05) is 11.1 Å². The molecule has 2 aromatic rings. The number of hydrogen-bond acceptors (Lipinski definition) is 9. The van der Waals surface area contributed by atoms with E-state index >= 15 is 0 Å². The lowest BCUT2D eigenvalue weighted by Crippen LogP contribution is -2.37. The molecule has 0 bridgehead atoms. The first-order chi connectivity index (χ1) is 15.9. The van der Waals surface area contributed by atoms with Gasteiger partial charge >= 0.3 is 5.13 Å². The standard InChI is InChI=1S/C23H36N4O5S/c1-17-15-20(5-6-21(17)25-26-23-27(4)7-14-33-23)24-22(19(3)32-11-9-29)16-18(2)31-13-12-30-10-8-28/h5-7,14-15,18-19,22,28-29H,8-13,16H2,1-4H3/p+1. The molecule has 184 valence electrons. The SMILES string of the molecule is Cc1cc(NC(CC(C)OCCOCCO)C(C)OCCO)ccc1/N=N/c1scc[n+]1C. The largest absolute Gasteiger partial charge is 0.408 e. The van der Waals surface area contributed by atoms with Crippen LogP contribution in [0.2, 0.25) is 0 Å². The number of aromatic nitrogens is 1. The second-order valence-corrected chi connectivity index (χ2v) is 8.67. The second-order valence-electron chi connectivity index (χ2n) is 7.80. The number of anilines is 1. The molecule has 9 nitrogen and oxygen atoms in total. The number of aliphatic hydroxyl groups excluding tert-OH is 2. The summed E-state index contributed by atoms with van der Waals surface area (Å²) in [6, 6.07) is 5.95. The molecule has 1 heterocycles. The maximum atomic E-state index is 9.14. The Labute approximate surface area is 200 Å². The summed E-state index contributed by atoms with van der Waals surface area (Å²) >= 11 is 1.54. The van der Waals surface area contributed by atoms with E-state index in [2.05, 4.69) is 15.5 Å². The summed E-state index contributed by atoms with van der Waals surface area (Å²) in [5.74, 6) is 0. The summed E-state index contributed by atoms with van der Waals surface area (Å²) in [5.41, 5.74) is 2.78. The Morgan fingerprint density at radius 1 is 1.06 bits per heavy atom. The van der Waals surface area contributed by atoms with Crippen molar-refractivity contribution in [1.82, 2.24) is 0 Å². The van der Waals surface area contributed by atoms with Crippen LogP contribution in [0.4, 0.5) is 16.5 Å². The number of azo groups is 1. The van der Waals surface area contributed by atoms with Gasteiger partial charge in [-0.1, -0.05) is 0 Å². The zero-order valence-corrected chi connectivity index (χ0v) is 20.8. The summed E-state index contributed by atoms with van der Waals surface area (Å²) in [6.45, 7) is 7.49. The third kappa shape index (κ3) is 9.83. The fraction of sp³-hybridized carbons (Fsp3) is 0.609. The van der Waals surface area contributed by atoms with Crippen LogP contribution in [0.15, 0.2) is 40.0 Å². The van der Waals surface area contributed by atoms with Crippen LogP contribution in [0.5, 0.6) is 0 Å². The number of hydrogen-bond donors (Lipinski definition) is 3. The average Bonchev–Trinajstić information content (AvgIpc) is 3.21. The van der Waals surface area contributed by atoms with Crippen molar-refractivity contribution in [2.75, 3.05) is 45.0 Å². The van der Waals surface area contributed by atoms with Crippen LogP contribution in [0.1, 0.15) is 25.8 Å². The van der Waals surface area contributed by atoms with Crippen LogP contribution in [-0.2, 0) is 21.3 Å². The van der Waals surface area contributed by atoms with Crippen molar-refractivity contribution in [2.45, 2.75) is 45.4 Å². The molecular formula is C23H37N4O5S+. The Balaban J connectivity index is 2.01. The van der Waals surface area contributed by atoms with Gasteiger partial charge in [-0.2, -0.15) is 0 Å². The van der Waals surface area contributed by atoms with E-state index in [0.717, 1.165) is 22.1 Å². The highest BCUT2D eigenvalue weighted by molar-refractivity contribution is 7.12. The van der Waals surface area contributed by atoms with Gasteiger partial charge in [0.25, 0.3) is 0 Å². The Bertz CT molecular complexity index is 848. The van der Waals surface area contributed by atoms with Crippen LogP contribution in [0.3, 0.4) is 0 Å². The van der Waals surface area contributed by atoms with Gasteiger partial charge in [-0.3, -0.25) is 0 Å². The van der Waals surface area contributed by atoms with E-state index in [1.165, 1.54) is 11.3 Å². The first kappa shape index (κ1) is 27.3. The minimum atomic E-state index is -0.132. The minimum Gasteiger partial charge on any atom is -0.394 e. The third-order valence-electron chi connectivity index (χ3n) is 5.04. The van der Waals surface area contributed by atoms with Crippen LogP contribution in [0.25, 0.3) is 0 Å². The summed E-state index contributed by atoms with van der Waals surface area (Å²) in [6.07, 6.45) is 2.50. The van der Waals surface area contributed by atoms with E-state index in [4.69, 9.17) is 24.4 Å². The van der Waals surface area contributed by atoms with Crippen LogP contribution in [0, 0.1) is 6.92 Å². The van der Waals surface area contributed by atoms with Crippen LogP contribution in [-0.4, -0.2) is 68.1 Å². The lowest BCUT2D eigenvalue weighted by molar-refractivity contribution is -0.654. The summed E-state index contributed by atoms with van der Waals surface area (Å²) in [5, 5.41) is 33.0. The highest BCUT2D eigenvalue weighted by atomic mass is 32.1. The molecule has 0 saturated carbocycles. The molecular weight excluding hydrogens is 444 g/mol. The topological polar surface area (TPSA) is 109 Å². The number of nitrogens with one attached hydrogen (secondary N) is 1. The molecule has 0 spiro atoms. The molecule has 3 N–H and O–H groups in total. The zero-order chi connectivity index (χ0) is 24.1. The molecule has 33 heavy (non-hydrogen) atoms. The van der Waals surface area contributed by atoms with Gasteiger partial charge in [-0.15, -0.1) is 0 Å². The minimum absolute atomic E-state index is 0.00742. The average molecular weight is 482 g/mol. The predicted octanol–water partition coefficient (Wildman–Crippen LogP) is 3.28. The first-order valence-corrected chi connectivity index (χ1v) is 12.1. The predicted molar refractivity (Wildman–Crippen MR) is 129 cm³/mol. The van der Waals surface area contributed by atoms with Gasteiger partial charge in [-0.25, -0.2) is 4.57 Å². The lowest BCUT2D eigenvalue weighted by atomic mass is 10.0. The number of aliphatic hydroxyl groups is 2. The van der Waals surface area contributed by atoms with Crippen molar-refractivity contribution < 1.29 is 29.0 Å². The maximum absolute atomic E-state index is 9.14. The van der Waals surface area contributed by atoms with E-state index in [-0.39, 0.29) is 38.1 Å². The fourth-order valence-electron chi connectivity index (χ4n) is 3.21. The van der Waals surface area contributed by atoms with E-state index < -0.39 is 0 Å². The van der Waals surface area contributed by atoms with Crippen molar-refractivity contribution in [3.05, 3.63) is 35.3 Å². The molecule has 2 rings (SSSR count). The van der Waals surface area contributed by atoms with Gasteiger partial charge < -0.3 is 29.7 Å². The summed E-state index contributed by atoms with van der Waals surface area (Å²) in [4.78, 5) is 0. The molecule has 3 unspecified atom stereocenters. The number of ether oxygens (including phenoxy) is 3. The van der Waals surface area contributed by atoms with Crippen molar-refractivity contribution in [1.29, 1.82) is 0 Å². The van der Waals surface area contributed by atoms with Crippen molar-refractivity contribution >= 4 is 27.8 Å². The van der Waals surface area contributed by atoms with E-state index in [9.17, 15) is 0 Å². The highest BCUT2D eigenvalue weighted by Crippen LogP contribution is 2.26. The number of nitrogens with zero attached hydrogens (tertiary/aromatic N) is 3. The first-order valence-electron chi connectivity index (χ1n) is 11.2. The number of aryl methyl sites for hydroxylation is 2. The number of rotatable bonds is 16. The summed E-state index contributed by atoms with van der Waals surface area (Å²) < 4.78 is 18.8. The fourth-order valence-corrected chi connectivity index (χ4v) is 3.90. The Hall–Kier alpha value is -1.95. The molecule has 0 fully saturated rings. The normalized spacial score (nSPS) is 14.5. The molecule has 1 aromatic carbocycles. The highest BCUT2D eigenvalue weighted by Gasteiger charge is 2.21. The molecule has 0 aliphatic rings. The van der Waals surface area contributed by atoms with Crippen molar-refractivity contribution in [3.63, 3.8) is 0 Å². The van der Waals surface area contributed by atoms with Gasteiger partial charge in [0.15, 0.2) is 0 Å². The van der Waals surface area contributed by atoms with Crippen molar-refractivity contribution in [3.8, 4) is 0 Å². The van der Waals surface area contributed by atoms with Crippen LogP contribution >= 0.6 is 11.3 Å². The monoisotopic (exact) mass is 481 g/mol. The second kappa shape index (κ2) is 15.0. The van der Waals surface area contributed by atoms with E-state index in [1.807, 2.05) is 62.2 Å². The molecule has 1 aromatic heterocycles. The summed E-state index contributed by atoms with van der Waals surface area (Å²) in [7, 11) is 1.94. The number of thiazole rings is 1. The smallest absolute Gasteiger partial charge is 0.394 e. The zero-order valence-electron chi connectivity index (χ0n) is 19.9. The molecule has 10 heteroatoms. The number of benzene rings is 1. The Kier molecular flexibility index (Phi) is 12.4. The van der Waals surface area contributed by atoms with Gasteiger partial charge in [0.05, 0.1) is 70.1 Å². The molecule has 3 atom stereocenters. The Morgan fingerprint density at radius 2 is 1.85 bits per heavy atom. The molecule has 0 saturated heterocycles. The molecule has 0 aliphatic carbocycles. The lowest BCUT2D eigenvalue weighted by Gasteiger charge is -2.29. The van der Waals surface area contributed by atoms with Gasteiger partial charge in [-0.05, 0) is 67.4 Å². The molecule has 0 radical (unpaired) electrons. The third-order valence-corrected chi connectivity index (χ3v) is 5.88. The molecule has 0 aliphatic heterocycles. The Morgan fingerprint density at radius 3 is 2.52 bits per heavy atom. The van der Waals surface area contributed by atoms with Gasteiger partial charge in [0.1, 0.15) is 11.9 Å². The maximum Gasteiger partial charge on any atom is 0.408 e. The van der Waals surface area contributed by atoms with Crippen LogP contribution < -0.4 is 9.88 Å². The quantitative estimate of drug-likeness (QED) is 0.193. The van der Waals surface area contributed by atoms with Gasteiger partial charge in [0.2, 0.25) is 0 Å². The van der Waals surface area contributed by atoms with E-state index in [0.29, 0.717) is 26.2 Å². The van der Waals surface area contributed by atoms with Crippen molar-refractivity contribution in [2.24, 2.45) is 17.3 Å². The van der Waals surface area contributed by atoms with E-state index in [1.54, 1.807) is 0 Å². The molecule has 0 amide bonds.